The van der Waals surface area contributed by atoms with Gasteiger partial charge in [0, 0.05) is 19.0 Å². The molecular formula is C25H31NO4. The van der Waals surface area contributed by atoms with Gasteiger partial charge in [-0.05, 0) is 74.1 Å². The molecule has 1 atom stereocenters. The van der Waals surface area contributed by atoms with Crippen molar-refractivity contribution in [3.8, 4) is 0 Å². The average Bonchev–Trinajstić information content (AvgIpc) is 2.68. The maximum Gasteiger partial charge on any atom is 0.333 e. The number of hydrogen-bond acceptors (Lipinski definition) is 3. The largest absolute Gasteiger partial charge is 0.479 e. The van der Waals surface area contributed by atoms with Crippen molar-refractivity contribution < 1.29 is 19.4 Å². The Morgan fingerprint density at radius 2 is 1.83 bits per heavy atom. The quantitative estimate of drug-likeness (QED) is 0.603. The number of benzene rings is 2. The molecule has 0 radical (unpaired) electrons. The van der Waals surface area contributed by atoms with E-state index in [0.717, 1.165) is 27.8 Å². The van der Waals surface area contributed by atoms with E-state index >= 15 is 0 Å². The van der Waals surface area contributed by atoms with Crippen LogP contribution in [0.4, 0.5) is 0 Å². The number of carboxylic acid groups (broad SMARTS) is 1. The van der Waals surface area contributed by atoms with E-state index in [-0.39, 0.29) is 18.4 Å². The third-order valence-corrected chi connectivity index (χ3v) is 5.06. The lowest BCUT2D eigenvalue weighted by Crippen LogP contribution is -2.29. The van der Waals surface area contributed by atoms with Crippen LogP contribution in [0.2, 0.25) is 0 Å². The molecule has 1 amide bonds. The number of carbonyl (C=O) groups is 2. The van der Waals surface area contributed by atoms with Gasteiger partial charge < -0.3 is 15.2 Å². The summed E-state index contributed by atoms with van der Waals surface area (Å²) >= 11 is 0. The van der Waals surface area contributed by atoms with E-state index in [0.29, 0.717) is 6.54 Å². The van der Waals surface area contributed by atoms with Crippen LogP contribution in [0.3, 0.4) is 0 Å². The SMILES string of the molecule is Cc1ccc(CC(OC(C)C)C(=O)O)cc1CNC(=O)/C=C/c1cccc(C)c1C. The molecular weight excluding hydrogens is 378 g/mol. The van der Waals surface area contributed by atoms with Crippen molar-refractivity contribution in [2.24, 2.45) is 0 Å². The predicted molar refractivity (Wildman–Crippen MR) is 119 cm³/mol. The highest BCUT2D eigenvalue weighted by atomic mass is 16.5. The molecule has 5 nitrogen and oxygen atoms in total. The van der Waals surface area contributed by atoms with Crippen LogP contribution in [0.1, 0.15) is 47.2 Å². The Morgan fingerprint density at radius 3 is 2.50 bits per heavy atom. The summed E-state index contributed by atoms with van der Waals surface area (Å²) in [7, 11) is 0. The van der Waals surface area contributed by atoms with E-state index in [9.17, 15) is 14.7 Å². The molecule has 2 aromatic rings. The van der Waals surface area contributed by atoms with Crippen molar-refractivity contribution in [1.29, 1.82) is 0 Å². The molecule has 0 bridgehead atoms. The number of amides is 1. The second kappa shape index (κ2) is 10.7. The average molecular weight is 410 g/mol. The van der Waals surface area contributed by atoms with Crippen LogP contribution in [0.15, 0.2) is 42.5 Å². The van der Waals surface area contributed by atoms with Crippen LogP contribution in [0, 0.1) is 20.8 Å². The molecule has 0 aromatic heterocycles. The zero-order valence-corrected chi connectivity index (χ0v) is 18.4. The molecule has 2 N–H and O–H groups in total. The Bertz CT molecular complexity index is 931. The van der Waals surface area contributed by atoms with Crippen LogP contribution >= 0.6 is 0 Å². The van der Waals surface area contributed by atoms with E-state index in [1.807, 2.05) is 77.1 Å². The summed E-state index contributed by atoms with van der Waals surface area (Å²) < 4.78 is 5.50. The summed E-state index contributed by atoms with van der Waals surface area (Å²) in [6, 6.07) is 11.8. The van der Waals surface area contributed by atoms with E-state index < -0.39 is 12.1 Å². The van der Waals surface area contributed by atoms with Crippen molar-refractivity contribution in [1.82, 2.24) is 5.32 Å². The highest BCUT2D eigenvalue weighted by Crippen LogP contribution is 2.16. The molecule has 160 valence electrons. The van der Waals surface area contributed by atoms with Crippen molar-refractivity contribution in [3.05, 3.63) is 75.9 Å². The Hall–Kier alpha value is -2.92. The van der Waals surface area contributed by atoms with Crippen LogP contribution in [0.5, 0.6) is 0 Å². The lowest BCUT2D eigenvalue weighted by atomic mass is 10.0. The molecule has 0 fully saturated rings. The highest BCUT2D eigenvalue weighted by molar-refractivity contribution is 5.91. The van der Waals surface area contributed by atoms with Gasteiger partial charge in [-0.25, -0.2) is 4.79 Å². The van der Waals surface area contributed by atoms with Gasteiger partial charge in [0.1, 0.15) is 0 Å². The van der Waals surface area contributed by atoms with E-state index in [1.165, 1.54) is 11.6 Å². The number of hydrogen-bond donors (Lipinski definition) is 2. The predicted octanol–water partition coefficient (Wildman–Crippen LogP) is 4.36. The van der Waals surface area contributed by atoms with Gasteiger partial charge >= 0.3 is 5.97 Å². The zero-order valence-electron chi connectivity index (χ0n) is 18.4. The first-order valence-corrected chi connectivity index (χ1v) is 10.2. The molecule has 0 aliphatic heterocycles. The Balaban J connectivity index is 2.03. The minimum absolute atomic E-state index is 0.167. The van der Waals surface area contributed by atoms with E-state index in [2.05, 4.69) is 5.32 Å². The second-order valence-electron chi connectivity index (χ2n) is 7.82. The van der Waals surface area contributed by atoms with Gasteiger partial charge in [0.15, 0.2) is 6.10 Å². The minimum atomic E-state index is -0.976. The molecule has 1 unspecified atom stereocenters. The summed E-state index contributed by atoms with van der Waals surface area (Å²) in [5.41, 5.74) is 6.22. The summed E-state index contributed by atoms with van der Waals surface area (Å²) in [6.07, 6.45) is 2.58. The third-order valence-electron chi connectivity index (χ3n) is 5.06. The number of ether oxygens (including phenoxy) is 1. The molecule has 0 heterocycles. The van der Waals surface area contributed by atoms with Gasteiger partial charge in [0.05, 0.1) is 6.10 Å². The first kappa shape index (κ1) is 23.4. The summed E-state index contributed by atoms with van der Waals surface area (Å²) in [4.78, 5) is 23.7. The first-order valence-electron chi connectivity index (χ1n) is 10.2. The number of aryl methyl sites for hydroxylation is 2. The van der Waals surface area contributed by atoms with Gasteiger partial charge in [-0.3, -0.25) is 4.79 Å². The number of nitrogens with one attached hydrogen (secondary N) is 1. The van der Waals surface area contributed by atoms with Crippen molar-refractivity contribution in [2.75, 3.05) is 0 Å². The normalized spacial score (nSPS) is 12.3. The monoisotopic (exact) mass is 409 g/mol. The number of carboxylic acids is 1. The van der Waals surface area contributed by atoms with Gasteiger partial charge in [-0.2, -0.15) is 0 Å². The zero-order chi connectivity index (χ0) is 22.3. The highest BCUT2D eigenvalue weighted by Gasteiger charge is 2.20. The molecule has 0 saturated heterocycles. The van der Waals surface area contributed by atoms with Crippen LogP contribution in [-0.4, -0.2) is 29.2 Å². The lowest BCUT2D eigenvalue weighted by molar-refractivity contribution is -0.153. The molecule has 0 aliphatic carbocycles. The van der Waals surface area contributed by atoms with Crippen LogP contribution in [0.25, 0.3) is 6.08 Å². The van der Waals surface area contributed by atoms with Crippen molar-refractivity contribution >= 4 is 18.0 Å². The van der Waals surface area contributed by atoms with E-state index in [4.69, 9.17) is 4.74 Å². The van der Waals surface area contributed by atoms with Crippen LogP contribution < -0.4 is 5.32 Å². The lowest BCUT2D eigenvalue weighted by Gasteiger charge is -2.17. The topological polar surface area (TPSA) is 75.6 Å². The number of carbonyl (C=O) groups excluding carboxylic acids is 1. The minimum Gasteiger partial charge on any atom is -0.479 e. The Morgan fingerprint density at radius 1 is 1.10 bits per heavy atom. The summed E-state index contributed by atoms with van der Waals surface area (Å²) in [5.74, 6) is -1.15. The van der Waals surface area contributed by atoms with Gasteiger partial charge in [-0.1, -0.05) is 36.4 Å². The maximum absolute atomic E-state index is 12.3. The fourth-order valence-corrected chi connectivity index (χ4v) is 3.14. The molecule has 30 heavy (non-hydrogen) atoms. The van der Waals surface area contributed by atoms with Gasteiger partial charge in [-0.15, -0.1) is 0 Å². The fraction of sp³-hybridized carbons (Fsp3) is 0.360. The van der Waals surface area contributed by atoms with Crippen LogP contribution in [-0.2, 0) is 27.3 Å². The standard InChI is InChI=1S/C25H31NO4/c1-16(2)30-23(25(28)29)14-20-10-9-18(4)22(13-20)15-26-24(27)12-11-21-8-6-7-17(3)19(21)5/h6-13,16,23H,14-15H2,1-5H3,(H,26,27)(H,28,29)/b12-11+. The first-order chi connectivity index (χ1) is 14.2. The molecule has 5 heteroatoms. The molecule has 0 saturated carbocycles. The van der Waals surface area contributed by atoms with Gasteiger partial charge in [0.25, 0.3) is 0 Å². The Kier molecular flexibility index (Phi) is 8.36. The molecule has 2 aromatic carbocycles. The van der Waals surface area contributed by atoms with E-state index in [1.54, 1.807) is 0 Å². The van der Waals surface area contributed by atoms with Gasteiger partial charge in [0.2, 0.25) is 5.91 Å². The molecule has 0 spiro atoms. The summed E-state index contributed by atoms with van der Waals surface area (Å²) in [5, 5.41) is 12.3. The smallest absolute Gasteiger partial charge is 0.333 e. The van der Waals surface area contributed by atoms with Crippen molar-refractivity contribution in [3.63, 3.8) is 0 Å². The molecule has 0 aliphatic rings. The van der Waals surface area contributed by atoms with Crippen molar-refractivity contribution in [2.45, 2.75) is 59.8 Å². The second-order valence-corrected chi connectivity index (χ2v) is 7.82. The maximum atomic E-state index is 12.3. The number of rotatable bonds is 9. The Labute approximate surface area is 178 Å². The third kappa shape index (κ3) is 6.85. The number of aliphatic carboxylic acids is 1. The summed E-state index contributed by atoms with van der Waals surface area (Å²) in [6.45, 7) is 10.1. The molecule has 2 rings (SSSR count). The fourth-order valence-electron chi connectivity index (χ4n) is 3.14.